The Morgan fingerprint density at radius 1 is 1.45 bits per heavy atom. The zero-order valence-corrected chi connectivity index (χ0v) is 14.1. The van der Waals surface area contributed by atoms with Crippen molar-refractivity contribution >= 4 is 39.1 Å². The van der Waals surface area contributed by atoms with Crippen LogP contribution in [-0.4, -0.2) is 23.5 Å². The number of carboxylic acids is 1. The Labute approximate surface area is 131 Å². The Morgan fingerprint density at radius 3 is 2.65 bits per heavy atom. The molecular formula is C14H20BrNO3S. The normalized spacial score (nSPS) is 13.8. The van der Waals surface area contributed by atoms with Gasteiger partial charge in [-0.05, 0) is 54.2 Å². The zero-order valence-electron chi connectivity index (χ0n) is 11.7. The van der Waals surface area contributed by atoms with Crippen molar-refractivity contribution in [3.63, 3.8) is 0 Å². The van der Waals surface area contributed by atoms with E-state index >= 15 is 0 Å². The third-order valence-corrected chi connectivity index (χ3v) is 5.11. The second-order valence-corrected chi connectivity index (χ2v) is 7.60. The molecule has 1 unspecified atom stereocenters. The molecule has 0 spiro atoms. The highest BCUT2D eigenvalue weighted by molar-refractivity contribution is 9.11. The number of amides is 1. The first-order chi connectivity index (χ1) is 9.37. The molecule has 20 heavy (non-hydrogen) atoms. The van der Waals surface area contributed by atoms with Gasteiger partial charge in [-0.1, -0.05) is 6.92 Å². The molecule has 2 N–H and O–H groups in total. The summed E-state index contributed by atoms with van der Waals surface area (Å²) in [6.07, 6.45) is 2.56. The number of carbonyl (C=O) groups excluding carboxylic acids is 1. The molecule has 0 fully saturated rings. The fourth-order valence-corrected chi connectivity index (χ4v) is 3.17. The van der Waals surface area contributed by atoms with Crippen molar-refractivity contribution in [1.29, 1.82) is 0 Å². The summed E-state index contributed by atoms with van der Waals surface area (Å²) in [5.41, 5.74) is -0.881. The molecule has 0 bridgehead atoms. The lowest BCUT2D eigenvalue weighted by molar-refractivity contribution is -0.148. The Hall–Kier alpha value is -0.880. The van der Waals surface area contributed by atoms with E-state index in [9.17, 15) is 9.59 Å². The highest BCUT2D eigenvalue weighted by Gasteiger charge is 2.31. The van der Waals surface area contributed by atoms with Gasteiger partial charge in [0.25, 0.3) is 0 Å². The average molecular weight is 362 g/mol. The molecule has 0 aliphatic rings. The highest BCUT2D eigenvalue weighted by atomic mass is 79.9. The number of halogens is 1. The first-order valence-corrected chi connectivity index (χ1v) is 8.22. The minimum absolute atomic E-state index is 0.0819. The van der Waals surface area contributed by atoms with Crippen LogP contribution in [0.25, 0.3) is 0 Å². The van der Waals surface area contributed by atoms with Crippen LogP contribution in [0, 0.1) is 5.41 Å². The number of aliphatic carboxylic acids is 1. The Kier molecular flexibility index (Phi) is 6.68. The van der Waals surface area contributed by atoms with Crippen LogP contribution in [0.4, 0.5) is 0 Å². The third kappa shape index (κ3) is 5.25. The molecule has 1 aromatic heterocycles. The topological polar surface area (TPSA) is 66.4 Å². The zero-order chi connectivity index (χ0) is 15.2. The van der Waals surface area contributed by atoms with Crippen molar-refractivity contribution in [2.75, 3.05) is 6.54 Å². The van der Waals surface area contributed by atoms with Crippen LogP contribution < -0.4 is 5.32 Å². The van der Waals surface area contributed by atoms with Crippen LogP contribution in [0.15, 0.2) is 15.9 Å². The molecule has 112 valence electrons. The fourth-order valence-electron chi connectivity index (χ4n) is 1.64. The largest absolute Gasteiger partial charge is 0.481 e. The summed E-state index contributed by atoms with van der Waals surface area (Å²) >= 11 is 5.08. The highest BCUT2D eigenvalue weighted by Crippen LogP contribution is 2.23. The molecule has 0 radical (unpaired) electrons. The third-order valence-electron chi connectivity index (χ3n) is 3.43. The van der Waals surface area contributed by atoms with E-state index in [2.05, 4.69) is 21.2 Å². The number of carbonyl (C=O) groups is 2. The summed E-state index contributed by atoms with van der Waals surface area (Å²) in [6, 6.07) is 4.05. The number of carboxylic acid groups (broad SMARTS) is 1. The van der Waals surface area contributed by atoms with Crippen molar-refractivity contribution in [3.8, 4) is 0 Å². The van der Waals surface area contributed by atoms with Gasteiger partial charge in [-0.25, -0.2) is 0 Å². The minimum Gasteiger partial charge on any atom is -0.481 e. The van der Waals surface area contributed by atoms with E-state index in [4.69, 9.17) is 5.11 Å². The van der Waals surface area contributed by atoms with Crippen LogP contribution >= 0.6 is 27.3 Å². The number of hydrogen-bond donors (Lipinski definition) is 2. The molecule has 0 aromatic carbocycles. The molecule has 1 rings (SSSR count). The fraction of sp³-hybridized carbons (Fsp3) is 0.571. The molecule has 0 aliphatic heterocycles. The molecule has 6 heteroatoms. The van der Waals surface area contributed by atoms with E-state index < -0.39 is 11.4 Å². The number of thiophene rings is 1. The van der Waals surface area contributed by atoms with Crippen LogP contribution in [0.2, 0.25) is 0 Å². The molecule has 1 amide bonds. The molecule has 1 heterocycles. The molecular weight excluding hydrogens is 342 g/mol. The van der Waals surface area contributed by atoms with Gasteiger partial charge in [0, 0.05) is 17.8 Å². The maximum Gasteiger partial charge on any atom is 0.311 e. The second kappa shape index (κ2) is 7.78. The van der Waals surface area contributed by atoms with Crippen molar-refractivity contribution in [3.05, 3.63) is 20.8 Å². The van der Waals surface area contributed by atoms with Crippen molar-refractivity contribution < 1.29 is 14.7 Å². The minimum atomic E-state index is -0.881. The van der Waals surface area contributed by atoms with Gasteiger partial charge in [0.15, 0.2) is 0 Å². The molecule has 0 saturated carbocycles. The van der Waals surface area contributed by atoms with Crippen LogP contribution in [0.3, 0.4) is 0 Å². The summed E-state index contributed by atoms with van der Waals surface area (Å²) < 4.78 is 1.09. The number of rotatable bonds is 8. The van der Waals surface area contributed by atoms with Crippen molar-refractivity contribution in [2.45, 2.75) is 39.5 Å². The average Bonchev–Trinajstić information content (AvgIpc) is 2.81. The predicted molar refractivity (Wildman–Crippen MR) is 84.0 cm³/mol. The van der Waals surface area contributed by atoms with E-state index in [-0.39, 0.29) is 12.5 Å². The second-order valence-electron chi connectivity index (χ2n) is 5.06. The summed E-state index contributed by atoms with van der Waals surface area (Å²) in [6.45, 7) is 3.65. The first kappa shape index (κ1) is 17.2. The van der Waals surface area contributed by atoms with Crippen LogP contribution in [0.1, 0.15) is 38.0 Å². The Balaban J connectivity index is 2.28. The molecule has 4 nitrogen and oxygen atoms in total. The van der Waals surface area contributed by atoms with E-state index in [1.165, 1.54) is 4.88 Å². The number of hydrogen-bond acceptors (Lipinski definition) is 3. The molecule has 1 aromatic rings. The monoisotopic (exact) mass is 361 g/mol. The van der Waals surface area contributed by atoms with Gasteiger partial charge >= 0.3 is 5.97 Å². The smallest absolute Gasteiger partial charge is 0.311 e. The van der Waals surface area contributed by atoms with Gasteiger partial charge in [0.1, 0.15) is 0 Å². The van der Waals surface area contributed by atoms with Crippen LogP contribution in [0.5, 0.6) is 0 Å². The molecule has 1 atom stereocenters. The first-order valence-electron chi connectivity index (χ1n) is 6.61. The number of nitrogens with one attached hydrogen (secondary N) is 1. The van der Waals surface area contributed by atoms with E-state index in [0.717, 1.165) is 16.6 Å². The van der Waals surface area contributed by atoms with Crippen molar-refractivity contribution in [2.24, 2.45) is 5.41 Å². The standard InChI is InChI=1S/C14H20BrNO3S/c1-3-14(2,13(18)19)9-16-12(17)6-4-5-10-7-8-11(15)20-10/h7-8H,3-6,9H2,1-2H3,(H,16,17)(H,18,19). The summed E-state index contributed by atoms with van der Waals surface area (Å²) in [7, 11) is 0. The van der Waals surface area contributed by atoms with E-state index in [0.29, 0.717) is 12.8 Å². The van der Waals surface area contributed by atoms with Gasteiger partial charge < -0.3 is 10.4 Å². The Morgan fingerprint density at radius 2 is 2.15 bits per heavy atom. The maximum absolute atomic E-state index is 11.7. The van der Waals surface area contributed by atoms with Gasteiger partial charge in [0.05, 0.1) is 9.20 Å². The lowest BCUT2D eigenvalue weighted by Gasteiger charge is -2.23. The molecule has 0 aliphatic carbocycles. The van der Waals surface area contributed by atoms with Gasteiger partial charge in [-0.15, -0.1) is 11.3 Å². The predicted octanol–water partition coefficient (Wildman–Crippen LogP) is 3.45. The summed E-state index contributed by atoms with van der Waals surface area (Å²) in [4.78, 5) is 24.1. The summed E-state index contributed by atoms with van der Waals surface area (Å²) in [5, 5.41) is 11.8. The van der Waals surface area contributed by atoms with Crippen LogP contribution in [-0.2, 0) is 16.0 Å². The van der Waals surface area contributed by atoms with Gasteiger partial charge in [0.2, 0.25) is 5.91 Å². The maximum atomic E-state index is 11.7. The van der Waals surface area contributed by atoms with E-state index in [1.54, 1.807) is 18.3 Å². The van der Waals surface area contributed by atoms with Gasteiger partial charge in [-0.3, -0.25) is 9.59 Å². The lowest BCUT2D eigenvalue weighted by Crippen LogP contribution is -2.40. The van der Waals surface area contributed by atoms with Gasteiger partial charge in [-0.2, -0.15) is 0 Å². The Bertz CT molecular complexity index is 475. The number of aryl methyl sites for hydroxylation is 1. The van der Waals surface area contributed by atoms with Crippen molar-refractivity contribution in [1.82, 2.24) is 5.32 Å². The quantitative estimate of drug-likeness (QED) is 0.744. The van der Waals surface area contributed by atoms with E-state index in [1.807, 2.05) is 19.1 Å². The lowest BCUT2D eigenvalue weighted by atomic mass is 9.87. The molecule has 0 saturated heterocycles. The summed E-state index contributed by atoms with van der Waals surface area (Å²) in [5.74, 6) is -0.953. The SMILES string of the molecule is CCC(C)(CNC(=O)CCCc1ccc(Br)s1)C(=O)O.